The second-order valence-electron chi connectivity index (χ2n) is 4.31. The SMILES string of the molecule is CC(C)CC(=O)NCC(N)C(C)C. The Balaban J connectivity index is 3.58. The Morgan fingerprint density at radius 3 is 2.23 bits per heavy atom. The van der Waals surface area contributed by atoms with Crippen LogP contribution < -0.4 is 11.1 Å². The van der Waals surface area contributed by atoms with E-state index in [1.165, 1.54) is 0 Å². The smallest absolute Gasteiger partial charge is 0.220 e. The summed E-state index contributed by atoms with van der Waals surface area (Å²) in [6, 6.07) is 0.0658. The molecule has 0 radical (unpaired) electrons. The number of hydrogen-bond acceptors (Lipinski definition) is 2. The molecule has 0 aliphatic rings. The Hall–Kier alpha value is -0.570. The summed E-state index contributed by atoms with van der Waals surface area (Å²) < 4.78 is 0. The molecule has 0 fully saturated rings. The fourth-order valence-corrected chi connectivity index (χ4v) is 0.910. The lowest BCUT2D eigenvalue weighted by molar-refractivity contribution is -0.121. The first kappa shape index (κ1) is 12.4. The van der Waals surface area contributed by atoms with E-state index in [9.17, 15) is 4.79 Å². The van der Waals surface area contributed by atoms with Crippen molar-refractivity contribution < 1.29 is 4.79 Å². The third-order valence-electron chi connectivity index (χ3n) is 1.98. The minimum atomic E-state index is 0.0658. The van der Waals surface area contributed by atoms with Gasteiger partial charge in [0.2, 0.25) is 5.91 Å². The lowest BCUT2D eigenvalue weighted by Gasteiger charge is -2.16. The van der Waals surface area contributed by atoms with E-state index in [2.05, 4.69) is 19.2 Å². The molecule has 0 aliphatic carbocycles. The van der Waals surface area contributed by atoms with Crippen LogP contribution in [0.3, 0.4) is 0 Å². The average Bonchev–Trinajstić information content (AvgIpc) is 1.98. The number of hydrogen-bond donors (Lipinski definition) is 2. The zero-order valence-corrected chi connectivity index (χ0v) is 9.13. The largest absolute Gasteiger partial charge is 0.355 e. The van der Waals surface area contributed by atoms with Gasteiger partial charge in [-0.1, -0.05) is 27.7 Å². The molecule has 0 aromatic carbocycles. The first-order valence-electron chi connectivity index (χ1n) is 4.95. The highest BCUT2D eigenvalue weighted by molar-refractivity contribution is 5.76. The van der Waals surface area contributed by atoms with Crippen LogP contribution in [-0.4, -0.2) is 18.5 Å². The first-order valence-corrected chi connectivity index (χ1v) is 4.95. The highest BCUT2D eigenvalue weighted by Gasteiger charge is 2.09. The molecule has 1 amide bonds. The zero-order valence-electron chi connectivity index (χ0n) is 9.13. The quantitative estimate of drug-likeness (QED) is 0.676. The van der Waals surface area contributed by atoms with Gasteiger partial charge in [0, 0.05) is 19.0 Å². The summed E-state index contributed by atoms with van der Waals surface area (Å²) >= 11 is 0. The van der Waals surface area contributed by atoms with Crippen LogP contribution in [-0.2, 0) is 4.79 Å². The predicted octanol–water partition coefficient (Wildman–Crippen LogP) is 1.13. The first-order chi connectivity index (χ1) is 5.93. The highest BCUT2D eigenvalue weighted by Crippen LogP contribution is 1.99. The van der Waals surface area contributed by atoms with Gasteiger partial charge in [0.25, 0.3) is 0 Å². The second kappa shape index (κ2) is 5.97. The molecule has 0 spiro atoms. The van der Waals surface area contributed by atoms with Crippen LogP contribution in [0, 0.1) is 11.8 Å². The van der Waals surface area contributed by atoms with E-state index < -0.39 is 0 Å². The van der Waals surface area contributed by atoms with Gasteiger partial charge < -0.3 is 11.1 Å². The lowest BCUT2D eigenvalue weighted by Crippen LogP contribution is -2.40. The topological polar surface area (TPSA) is 55.1 Å². The number of amides is 1. The van der Waals surface area contributed by atoms with Crippen LogP contribution in [0.15, 0.2) is 0 Å². The molecule has 3 heteroatoms. The molecule has 3 nitrogen and oxygen atoms in total. The summed E-state index contributed by atoms with van der Waals surface area (Å²) in [5.41, 5.74) is 5.78. The molecule has 0 aromatic rings. The Kier molecular flexibility index (Phi) is 5.71. The normalized spacial score (nSPS) is 13.5. The third-order valence-corrected chi connectivity index (χ3v) is 1.98. The van der Waals surface area contributed by atoms with Crippen molar-refractivity contribution in [1.29, 1.82) is 0 Å². The van der Waals surface area contributed by atoms with Crippen molar-refractivity contribution in [3.05, 3.63) is 0 Å². The summed E-state index contributed by atoms with van der Waals surface area (Å²) in [5.74, 6) is 0.931. The summed E-state index contributed by atoms with van der Waals surface area (Å²) in [6.07, 6.45) is 0.588. The van der Waals surface area contributed by atoms with E-state index in [4.69, 9.17) is 5.73 Å². The second-order valence-corrected chi connectivity index (χ2v) is 4.31. The maximum Gasteiger partial charge on any atom is 0.220 e. The zero-order chi connectivity index (χ0) is 10.4. The van der Waals surface area contributed by atoms with Gasteiger partial charge in [0.15, 0.2) is 0 Å². The van der Waals surface area contributed by atoms with Crippen LogP contribution in [0.5, 0.6) is 0 Å². The summed E-state index contributed by atoms with van der Waals surface area (Å²) in [7, 11) is 0. The third kappa shape index (κ3) is 6.58. The Morgan fingerprint density at radius 1 is 1.31 bits per heavy atom. The molecular weight excluding hydrogens is 164 g/mol. The van der Waals surface area contributed by atoms with Gasteiger partial charge in [-0.05, 0) is 11.8 Å². The van der Waals surface area contributed by atoms with Crippen LogP contribution in [0.25, 0.3) is 0 Å². The van der Waals surface area contributed by atoms with Gasteiger partial charge in [-0.2, -0.15) is 0 Å². The van der Waals surface area contributed by atoms with Crippen LogP contribution in [0.1, 0.15) is 34.1 Å². The fraction of sp³-hybridized carbons (Fsp3) is 0.900. The summed E-state index contributed by atoms with van der Waals surface area (Å²) in [5, 5.41) is 2.83. The number of carbonyl (C=O) groups excluding carboxylic acids is 1. The van der Waals surface area contributed by atoms with Crippen molar-refractivity contribution in [2.75, 3.05) is 6.54 Å². The molecular formula is C10H22N2O. The molecule has 0 bridgehead atoms. The number of nitrogens with two attached hydrogens (primary N) is 1. The van der Waals surface area contributed by atoms with Crippen LogP contribution in [0.2, 0.25) is 0 Å². The van der Waals surface area contributed by atoms with E-state index in [0.717, 1.165) is 0 Å². The Bertz CT molecular complexity index is 155. The molecule has 0 saturated carbocycles. The van der Waals surface area contributed by atoms with Gasteiger partial charge in [0.1, 0.15) is 0 Å². The van der Waals surface area contributed by atoms with Gasteiger partial charge in [0.05, 0.1) is 0 Å². The van der Waals surface area contributed by atoms with Gasteiger partial charge >= 0.3 is 0 Å². The molecule has 1 unspecified atom stereocenters. The maximum absolute atomic E-state index is 11.2. The standard InChI is InChI=1S/C10H22N2O/c1-7(2)5-10(13)12-6-9(11)8(3)4/h7-9H,5-6,11H2,1-4H3,(H,12,13). The molecule has 0 aliphatic heterocycles. The molecule has 78 valence electrons. The molecule has 13 heavy (non-hydrogen) atoms. The van der Waals surface area contributed by atoms with E-state index in [0.29, 0.717) is 24.8 Å². The van der Waals surface area contributed by atoms with E-state index in [1.807, 2.05) is 13.8 Å². The Labute approximate surface area is 81.1 Å². The summed E-state index contributed by atoms with van der Waals surface area (Å²) in [4.78, 5) is 11.2. The molecule has 1 atom stereocenters. The summed E-state index contributed by atoms with van der Waals surface area (Å²) in [6.45, 7) is 8.76. The van der Waals surface area contributed by atoms with Crippen LogP contribution >= 0.6 is 0 Å². The Morgan fingerprint density at radius 2 is 1.85 bits per heavy atom. The molecule has 0 aromatic heterocycles. The van der Waals surface area contributed by atoms with E-state index in [-0.39, 0.29) is 11.9 Å². The lowest BCUT2D eigenvalue weighted by atomic mass is 10.1. The van der Waals surface area contributed by atoms with Crippen molar-refractivity contribution >= 4 is 5.91 Å². The van der Waals surface area contributed by atoms with Crippen molar-refractivity contribution in [2.24, 2.45) is 17.6 Å². The fourth-order valence-electron chi connectivity index (χ4n) is 0.910. The monoisotopic (exact) mass is 186 g/mol. The molecule has 3 N–H and O–H groups in total. The molecule has 0 saturated heterocycles. The van der Waals surface area contributed by atoms with Crippen molar-refractivity contribution in [3.8, 4) is 0 Å². The maximum atomic E-state index is 11.2. The predicted molar refractivity (Wildman–Crippen MR) is 55.3 cm³/mol. The molecule has 0 rings (SSSR count). The van der Waals surface area contributed by atoms with Gasteiger partial charge in [-0.25, -0.2) is 0 Å². The minimum absolute atomic E-state index is 0.0658. The number of carbonyl (C=O) groups is 1. The number of rotatable bonds is 5. The van der Waals surface area contributed by atoms with Crippen LogP contribution in [0.4, 0.5) is 0 Å². The average molecular weight is 186 g/mol. The van der Waals surface area contributed by atoms with E-state index in [1.54, 1.807) is 0 Å². The van der Waals surface area contributed by atoms with Crippen molar-refractivity contribution in [2.45, 2.75) is 40.2 Å². The van der Waals surface area contributed by atoms with E-state index >= 15 is 0 Å². The highest BCUT2D eigenvalue weighted by atomic mass is 16.1. The van der Waals surface area contributed by atoms with Crippen molar-refractivity contribution in [3.63, 3.8) is 0 Å². The molecule has 0 heterocycles. The van der Waals surface area contributed by atoms with Gasteiger partial charge in [-0.3, -0.25) is 4.79 Å². The minimum Gasteiger partial charge on any atom is -0.355 e. The van der Waals surface area contributed by atoms with Crippen molar-refractivity contribution in [1.82, 2.24) is 5.32 Å². The van der Waals surface area contributed by atoms with Gasteiger partial charge in [-0.15, -0.1) is 0 Å². The number of nitrogens with one attached hydrogen (secondary N) is 1.